The summed E-state index contributed by atoms with van der Waals surface area (Å²) in [6.07, 6.45) is 2.13. The molecule has 5 heteroatoms. The van der Waals surface area contributed by atoms with Crippen LogP contribution in [0, 0.1) is 5.92 Å². The van der Waals surface area contributed by atoms with E-state index in [1.807, 2.05) is 27.7 Å². The number of nitrogens with zero attached hydrogens (tertiary/aromatic N) is 2. The fraction of sp³-hybridized carbons (Fsp3) is 0.562. The molecule has 0 bridgehead atoms. The second-order valence-electron chi connectivity index (χ2n) is 6.83. The van der Waals surface area contributed by atoms with Crippen LogP contribution in [0.4, 0.5) is 0 Å². The third-order valence-electron chi connectivity index (χ3n) is 3.83. The van der Waals surface area contributed by atoms with Gasteiger partial charge >= 0.3 is 5.97 Å². The Balaban J connectivity index is 2.30. The zero-order chi connectivity index (χ0) is 15.8. The van der Waals surface area contributed by atoms with Gasteiger partial charge in [-0.3, -0.25) is 9.78 Å². The topological polar surface area (TPSA) is 70.5 Å². The van der Waals surface area contributed by atoms with Crippen LogP contribution in [0.1, 0.15) is 50.2 Å². The Morgan fingerprint density at radius 1 is 1.38 bits per heavy atom. The summed E-state index contributed by atoms with van der Waals surface area (Å²) in [5.74, 6) is -0.948. The number of aliphatic carboxylic acids is 1. The molecule has 1 N–H and O–H groups in total. The molecule has 0 radical (unpaired) electrons. The number of amides is 1. The molecule has 1 saturated heterocycles. The largest absolute Gasteiger partial charge is 0.480 e. The number of pyridine rings is 1. The van der Waals surface area contributed by atoms with Crippen molar-refractivity contribution in [2.45, 2.75) is 45.6 Å². The van der Waals surface area contributed by atoms with Gasteiger partial charge in [0.2, 0.25) is 0 Å². The van der Waals surface area contributed by atoms with Gasteiger partial charge in [-0.1, -0.05) is 27.7 Å². The van der Waals surface area contributed by atoms with Crippen molar-refractivity contribution in [1.29, 1.82) is 0 Å². The molecule has 0 aliphatic carbocycles. The molecule has 1 aliphatic heterocycles. The molecule has 5 nitrogen and oxygen atoms in total. The van der Waals surface area contributed by atoms with Crippen molar-refractivity contribution in [3.8, 4) is 0 Å². The minimum Gasteiger partial charge on any atom is -0.480 e. The van der Waals surface area contributed by atoms with Crippen molar-refractivity contribution in [3.63, 3.8) is 0 Å². The fourth-order valence-corrected chi connectivity index (χ4v) is 2.64. The summed E-state index contributed by atoms with van der Waals surface area (Å²) in [6.45, 7) is 8.55. The highest BCUT2D eigenvalue weighted by Crippen LogP contribution is 2.26. The minimum atomic E-state index is -0.933. The van der Waals surface area contributed by atoms with Gasteiger partial charge < -0.3 is 10.0 Å². The average Bonchev–Trinajstić information content (AvgIpc) is 2.79. The quantitative estimate of drug-likeness (QED) is 0.907. The Morgan fingerprint density at radius 3 is 2.62 bits per heavy atom. The van der Waals surface area contributed by atoms with E-state index in [0.29, 0.717) is 18.5 Å². The van der Waals surface area contributed by atoms with Crippen LogP contribution in [-0.4, -0.2) is 39.5 Å². The van der Waals surface area contributed by atoms with Gasteiger partial charge in [-0.25, -0.2) is 4.79 Å². The molecule has 1 amide bonds. The second kappa shape index (κ2) is 5.47. The summed E-state index contributed by atoms with van der Waals surface area (Å²) in [6, 6.07) is 2.70. The van der Waals surface area contributed by atoms with E-state index in [1.165, 1.54) is 4.90 Å². The van der Waals surface area contributed by atoms with E-state index >= 15 is 0 Å². The monoisotopic (exact) mass is 290 g/mol. The molecule has 1 aromatic rings. The Labute approximate surface area is 125 Å². The molecule has 0 aromatic carbocycles. The van der Waals surface area contributed by atoms with Crippen molar-refractivity contribution < 1.29 is 14.7 Å². The zero-order valence-corrected chi connectivity index (χ0v) is 13.0. The van der Waals surface area contributed by atoms with Crippen LogP contribution in [-0.2, 0) is 10.2 Å². The number of hydrogen-bond donors (Lipinski definition) is 1. The van der Waals surface area contributed by atoms with Crippen LogP contribution in [0.15, 0.2) is 18.3 Å². The number of carboxylic acids is 1. The van der Waals surface area contributed by atoms with Gasteiger partial charge in [0.05, 0.1) is 0 Å². The average molecular weight is 290 g/mol. The molecule has 21 heavy (non-hydrogen) atoms. The fourth-order valence-electron chi connectivity index (χ4n) is 2.64. The molecule has 114 valence electrons. The van der Waals surface area contributed by atoms with Crippen LogP contribution < -0.4 is 0 Å². The van der Waals surface area contributed by atoms with Crippen LogP contribution in [0.5, 0.6) is 0 Å². The molecule has 2 rings (SSSR count). The van der Waals surface area contributed by atoms with E-state index in [9.17, 15) is 14.7 Å². The van der Waals surface area contributed by atoms with Crippen LogP contribution in [0.3, 0.4) is 0 Å². The number of aromatic nitrogens is 1. The summed E-state index contributed by atoms with van der Waals surface area (Å²) in [4.78, 5) is 29.7. The Kier molecular flexibility index (Phi) is 4.03. The summed E-state index contributed by atoms with van der Waals surface area (Å²) >= 11 is 0. The first kappa shape index (κ1) is 15.5. The number of rotatable bonds is 2. The summed E-state index contributed by atoms with van der Waals surface area (Å²) < 4.78 is 0. The number of hydrogen-bond acceptors (Lipinski definition) is 3. The summed E-state index contributed by atoms with van der Waals surface area (Å²) in [5, 5.41) is 9.27. The normalized spacial score (nSPS) is 22.4. The Morgan fingerprint density at radius 2 is 2.05 bits per heavy atom. The molecule has 0 saturated carbocycles. The SMILES string of the molecule is C[C@@H]1C[C@H](C(=O)O)N(C(=O)c2ccnc(C(C)(C)C)c2)C1. The van der Waals surface area contributed by atoms with Crippen molar-refractivity contribution in [2.75, 3.05) is 6.54 Å². The third-order valence-corrected chi connectivity index (χ3v) is 3.83. The smallest absolute Gasteiger partial charge is 0.326 e. The Hall–Kier alpha value is -1.91. The highest BCUT2D eigenvalue weighted by atomic mass is 16.4. The van der Waals surface area contributed by atoms with Gasteiger partial charge in [0.1, 0.15) is 6.04 Å². The lowest BCUT2D eigenvalue weighted by atomic mass is 9.91. The zero-order valence-electron chi connectivity index (χ0n) is 13.0. The van der Waals surface area contributed by atoms with Crippen molar-refractivity contribution >= 4 is 11.9 Å². The highest BCUT2D eigenvalue weighted by Gasteiger charge is 2.38. The van der Waals surface area contributed by atoms with Crippen LogP contribution in [0.25, 0.3) is 0 Å². The van der Waals surface area contributed by atoms with Crippen LogP contribution in [0.2, 0.25) is 0 Å². The minimum absolute atomic E-state index is 0.152. The number of carbonyl (C=O) groups excluding carboxylic acids is 1. The number of likely N-dealkylation sites (tertiary alicyclic amines) is 1. The summed E-state index contributed by atoms with van der Waals surface area (Å²) in [7, 11) is 0. The predicted octanol–water partition coefficient (Wildman–Crippen LogP) is 2.31. The molecule has 0 unspecified atom stereocenters. The van der Waals surface area contributed by atoms with E-state index in [1.54, 1.807) is 18.3 Å². The lowest BCUT2D eigenvalue weighted by molar-refractivity contribution is -0.141. The maximum Gasteiger partial charge on any atom is 0.326 e. The molecule has 2 heterocycles. The predicted molar refractivity (Wildman–Crippen MR) is 79.2 cm³/mol. The van der Waals surface area contributed by atoms with E-state index in [0.717, 1.165) is 5.69 Å². The number of carboxylic acid groups (broad SMARTS) is 1. The molecule has 1 aliphatic rings. The first-order valence-corrected chi connectivity index (χ1v) is 7.20. The van der Waals surface area contributed by atoms with Gasteiger partial charge in [0.25, 0.3) is 5.91 Å². The maximum atomic E-state index is 12.6. The second-order valence-corrected chi connectivity index (χ2v) is 6.83. The molecule has 1 aromatic heterocycles. The van der Waals surface area contributed by atoms with Gasteiger partial charge in [-0.05, 0) is 24.5 Å². The molecule has 2 atom stereocenters. The van der Waals surface area contributed by atoms with E-state index in [4.69, 9.17) is 0 Å². The molecule has 0 spiro atoms. The number of carbonyl (C=O) groups is 2. The van der Waals surface area contributed by atoms with Crippen LogP contribution >= 0.6 is 0 Å². The van der Waals surface area contributed by atoms with Gasteiger partial charge in [-0.2, -0.15) is 0 Å². The highest BCUT2D eigenvalue weighted by molar-refractivity contribution is 5.97. The maximum absolute atomic E-state index is 12.6. The standard InChI is InChI=1S/C16H22N2O3/c1-10-7-12(15(20)21)18(9-10)14(19)11-5-6-17-13(8-11)16(2,3)4/h5-6,8,10,12H,7,9H2,1-4H3,(H,20,21)/t10-,12-/m1/s1. The third kappa shape index (κ3) is 3.23. The van der Waals surface area contributed by atoms with Gasteiger partial charge in [0, 0.05) is 29.4 Å². The molecular formula is C16H22N2O3. The first-order chi connectivity index (χ1) is 9.70. The van der Waals surface area contributed by atoms with Gasteiger partial charge in [0.15, 0.2) is 0 Å². The molecular weight excluding hydrogens is 268 g/mol. The Bertz CT molecular complexity index is 563. The van der Waals surface area contributed by atoms with E-state index in [-0.39, 0.29) is 17.2 Å². The lowest BCUT2D eigenvalue weighted by Gasteiger charge is -2.23. The summed E-state index contributed by atoms with van der Waals surface area (Å²) in [5.41, 5.74) is 1.18. The van der Waals surface area contributed by atoms with E-state index in [2.05, 4.69) is 4.98 Å². The first-order valence-electron chi connectivity index (χ1n) is 7.20. The van der Waals surface area contributed by atoms with Crippen molar-refractivity contribution in [1.82, 2.24) is 9.88 Å². The van der Waals surface area contributed by atoms with Crippen molar-refractivity contribution in [3.05, 3.63) is 29.6 Å². The van der Waals surface area contributed by atoms with Gasteiger partial charge in [-0.15, -0.1) is 0 Å². The van der Waals surface area contributed by atoms with E-state index < -0.39 is 12.0 Å². The molecule has 1 fully saturated rings. The lowest BCUT2D eigenvalue weighted by Crippen LogP contribution is -2.40. The van der Waals surface area contributed by atoms with Crippen molar-refractivity contribution in [2.24, 2.45) is 5.92 Å².